The van der Waals surface area contributed by atoms with E-state index in [1.807, 2.05) is 0 Å². The number of nitrogens with zero attached hydrogens (tertiary/aromatic N) is 1. The molecule has 0 saturated carbocycles. The van der Waals surface area contributed by atoms with Crippen LogP contribution in [0.1, 0.15) is 12.5 Å². The Morgan fingerprint density at radius 3 is 2.56 bits per heavy atom. The summed E-state index contributed by atoms with van der Waals surface area (Å²) in [4.78, 5) is 26.6. The Labute approximate surface area is 146 Å². The first-order valence-corrected chi connectivity index (χ1v) is 7.31. The number of methoxy groups -OCH3 is 1. The molecule has 1 aromatic carbocycles. The van der Waals surface area contributed by atoms with Gasteiger partial charge in [0.25, 0.3) is 0 Å². The van der Waals surface area contributed by atoms with E-state index in [0.717, 1.165) is 13.2 Å². The van der Waals surface area contributed by atoms with E-state index in [1.165, 1.54) is 26.0 Å². The van der Waals surface area contributed by atoms with Crippen molar-refractivity contribution in [2.75, 3.05) is 12.4 Å². The third kappa shape index (κ3) is 4.03. The zero-order valence-corrected chi connectivity index (χ0v) is 14.2. The van der Waals surface area contributed by atoms with Crippen LogP contribution in [0.2, 0.25) is 5.02 Å². The summed E-state index contributed by atoms with van der Waals surface area (Å²) < 4.78 is 37.0. The summed E-state index contributed by atoms with van der Waals surface area (Å²) in [6, 6.07) is 3.53. The van der Waals surface area contributed by atoms with E-state index in [0.29, 0.717) is 0 Å². The molecule has 9 heteroatoms. The molecular formula is C16H13ClF2N2O4. The first kappa shape index (κ1) is 18.6. The van der Waals surface area contributed by atoms with Gasteiger partial charge in [-0.2, -0.15) is 0 Å². The minimum Gasteiger partial charge on any atom is -0.437 e. The van der Waals surface area contributed by atoms with Gasteiger partial charge in [0.2, 0.25) is 11.8 Å². The van der Waals surface area contributed by atoms with Crippen LogP contribution in [0.4, 0.5) is 19.3 Å². The largest absolute Gasteiger partial charge is 0.514 e. The molecule has 132 valence electrons. The van der Waals surface area contributed by atoms with Gasteiger partial charge in [-0.15, -0.1) is 0 Å². The van der Waals surface area contributed by atoms with Gasteiger partial charge in [0, 0.05) is 18.1 Å². The first-order chi connectivity index (χ1) is 11.7. The molecule has 0 spiro atoms. The van der Waals surface area contributed by atoms with Crippen molar-refractivity contribution in [1.29, 1.82) is 0 Å². The molecule has 1 amide bonds. The van der Waals surface area contributed by atoms with Crippen molar-refractivity contribution in [3.63, 3.8) is 0 Å². The number of benzene rings is 1. The topological polar surface area (TPSA) is 77.5 Å². The normalized spacial score (nSPS) is 10.3. The predicted octanol–water partition coefficient (Wildman–Crippen LogP) is 4.09. The Balaban J connectivity index is 2.65. The number of amides is 1. The number of halogens is 3. The van der Waals surface area contributed by atoms with E-state index >= 15 is 0 Å². The van der Waals surface area contributed by atoms with Crippen LogP contribution in [0.25, 0.3) is 11.3 Å². The predicted molar refractivity (Wildman–Crippen MR) is 86.7 cm³/mol. The maximum Gasteiger partial charge on any atom is 0.514 e. The van der Waals surface area contributed by atoms with Crippen LogP contribution < -0.4 is 10.1 Å². The highest BCUT2D eigenvalue weighted by Crippen LogP contribution is 2.36. The zero-order chi connectivity index (χ0) is 18.7. The number of carbonyl (C=O) groups excluding carboxylic acids is 2. The number of aromatic nitrogens is 1. The molecule has 1 heterocycles. The fourth-order valence-electron chi connectivity index (χ4n) is 1.97. The van der Waals surface area contributed by atoms with Gasteiger partial charge in [-0.3, -0.25) is 4.79 Å². The number of nitrogens with one attached hydrogen (secondary N) is 1. The maximum atomic E-state index is 14.4. The minimum atomic E-state index is -1.10. The Bertz CT molecular complexity index is 859. The summed E-state index contributed by atoms with van der Waals surface area (Å²) in [5.74, 6) is -2.41. The highest BCUT2D eigenvalue weighted by atomic mass is 35.5. The number of anilines is 1. The summed E-state index contributed by atoms with van der Waals surface area (Å²) >= 11 is 6.05. The number of hydrogen-bond acceptors (Lipinski definition) is 5. The van der Waals surface area contributed by atoms with Gasteiger partial charge in [0.1, 0.15) is 16.7 Å². The average molecular weight is 371 g/mol. The highest BCUT2D eigenvalue weighted by molar-refractivity contribution is 6.35. The number of hydrogen-bond donors (Lipinski definition) is 1. The van der Waals surface area contributed by atoms with Gasteiger partial charge >= 0.3 is 6.16 Å². The van der Waals surface area contributed by atoms with Gasteiger partial charge in [-0.05, 0) is 25.1 Å². The van der Waals surface area contributed by atoms with Crippen LogP contribution in [-0.4, -0.2) is 24.2 Å². The number of carbonyl (C=O) groups is 2. The van der Waals surface area contributed by atoms with Gasteiger partial charge in [0.05, 0.1) is 18.5 Å². The summed E-state index contributed by atoms with van der Waals surface area (Å²) in [6.07, 6.45) is -1.10. The third-order valence-electron chi connectivity index (χ3n) is 3.18. The van der Waals surface area contributed by atoms with Crippen LogP contribution >= 0.6 is 11.6 Å². The molecule has 1 N–H and O–H groups in total. The van der Waals surface area contributed by atoms with Crippen molar-refractivity contribution in [2.45, 2.75) is 13.8 Å². The van der Waals surface area contributed by atoms with E-state index in [4.69, 9.17) is 16.3 Å². The standard InChI is InChI=1S/C16H13ClF2N2O4/c1-7-10(18)5-4-9(14(7)19)11-6-12(20-8(2)22)13(17)15(21-11)25-16(23)24-3/h4-6H,1-3H3,(H,20,21,22). The van der Waals surface area contributed by atoms with Crippen LogP contribution in [0.15, 0.2) is 18.2 Å². The van der Waals surface area contributed by atoms with Crippen LogP contribution in [0.3, 0.4) is 0 Å². The second kappa shape index (κ2) is 7.43. The van der Waals surface area contributed by atoms with Crippen LogP contribution in [-0.2, 0) is 9.53 Å². The fraction of sp³-hybridized carbons (Fsp3) is 0.188. The monoisotopic (exact) mass is 370 g/mol. The lowest BCUT2D eigenvalue weighted by atomic mass is 10.1. The molecule has 2 rings (SSSR count). The van der Waals surface area contributed by atoms with Crippen molar-refractivity contribution in [3.8, 4) is 17.1 Å². The van der Waals surface area contributed by atoms with Gasteiger partial charge in [0.15, 0.2) is 0 Å². The average Bonchev–Trinajstić information content (AvgIpc) is 2.55. The molecule has 0 aliphatic rings. The molecule has 0 unspecified atom stereocenters. The Kier molecular flexibility index (Phi) is 5.53. The van der Waals surface area contributed by atoms with Crippen LogP contribution in [0, 0.1) is 18.6 Å². The molecule has 25 heavy (non-hydrogen) atoms. The summed E-state index contributed by atoms with van der Waals surface area (Å²) in [5, 5.41) is 2.24. The van der Waals surface area contributed by atoms with E-state index in [1.54, 1.807) is 0 Å². The lowest BCUT2D eigenvalue weighted by Crippen LogP contribution is -2.12. The van der Waals surface area contributed by atoms with Crippen molar-refractivity contribution >= 4 is 29.4 Å². The van der Waals surface area contributed by atoms with Gasteiger partial charge in [-0.1, -0.05) is 11.6 Å². The summed E-state index contributed by atoms with van der Waals surface area (Å²) in [5.41, 5.74) is -0.241. The number of rotatable bonds is 3. The Morgan fingerprint density at radius 1 is 1.28 bits per heavy atom. The van der Waals surface area contributed by atoms with Gasteiger partial charge < -0.3 is 14.8 Å². The van der Waals surface area contributed by atoms with Gasteiger partial charge in [-0.25, -0.2) is 18.6 Å². The van der Waals surface area contributed by atoms with Crippen molar-refractivity contribution in [1.82, 2.24) is 4.98 Å². The second-order valence-electron chi connectivity index (χ2n) is 4.95. The quantitative estimate of drug-likeness (QED) is 0.823. The highest BCUT2D eigenvalue weighted by Gasteiger charge is 2.20. The van der Waals surface area contributed by atoms with E-state index in [-0.39, 0.29) is 27.5 Å². The molecule has 6 nitrogen and oxygen atoms in total. The van der Waals surface area contributed by atoms with Crippen molar-refractivity contribution in [2.24, 2.45) is 0 Å². The van der Waals surface area contributed by atoms with Crippen molar-refractivity contribution in [3.05, 3.63) is 40.4 Å². The molecule has 0 fully saturated rings. The first-order valence-electron chi connectivity index (χ1n) is 6.93. The minimum absolute atomic E-state index is 0.0207. The maximum absolute atomic E-state index is 14.4. The van der Waals surface area contributed by atoms with Crippen molar-refractivity contribution < 1.29 is 27.8 Å². The molecule has 0 aliphatic heterocycles. The zero-order valence-electron chi connectivity index (χ0n) is 13.4. The SMILES string of the molecule is COC(=O)Oc1nc(-c2ccc(F)c(C)c2F)cc(NC(C)=O)c1Cl. The summed E-state index contributed by atoms with van der Waals surface area (Å²) in [6.45, 7) is 2.50. The second-order valence-corrected chi connectivity index (χ2v) is 5.32. The molecular weight excluding hydrogens is 358 g/mol. The van der Waals surface area contributed by atoms with E-state index in [9.17, 15) is 18.4 Å². The molecule has 1 aromatic heterocycles. The smallest absolute Gasteiger partial charge is 0.437 e. The third-order valence-corrected chi connectivity index (χ3v) is 3.55. The molecule has 0 atom stereocenters. The van der Waals surface area contributed by atoms with Crippen LogP contribution in [0.5, 0.6) is 5.88 Å². The molecule has 0 aliphatic carbocycles. The number of pyridine rings is 1. The molecule has 2 aromatic rings. The summed E-state index contributed by atoms with van der Waals surface area (Å²) in [7, 11) is 1.08. The molecule has 0 bridgehead atoms. The molecule has 0 saturated heterocycles. The lowest BCUT2D eigenvalue weighted by molar-refractivity contribution is -0.114. The van der Waals surface area contributed by atoms with E-state index in [2.05, 4.69) is 15.0 Å². The van der Waals surface area contributed by atoms with E-state index < -0.39 is 29.6 Å². The number of ether oxygens (including phenoxy) is 2. The Hall–Kier alpha value is -2.74. The Morgan fingerprint density at radius 2 is 1.96 bits per heavy atom. The lowest BCUT2D eigenvalue weighted by Gasteiger charge is -2.13. The molecule has 0 radical (unpaired) electrons. The fourth-order valence-corrected chi connectivity index (χ4v) is 2.15.